The Balaban J connectivity index is 2.75. The number of hydrogen-bond donors (Lipinski definition) is 3. The molecule has 104 valence electrons. The van der Waals surface area contributed by atoms with Gasteiger partial charge in [0.15, 0.2) is 5.84 Å². The van der Waals surface area contributed by atoms with E-state index in [0.717, 1.165) is 6.42 Å². The van der Waals surface area contributed by atoms with Gasteiger partial charge in [-0.3, -0.25) is 4.79 Å². The van der Waals surface area contributed by atoms with Crippen molar-refractivity contribution in [3.8, 4) is 5.75 Å². The third kappa shape index (κ3) is 4.17. The number of ether oxygens (including phenoxy) is 1. The molecule has 0 saturated carbocycles. The van der Waals surface area contributed by atoms with Crippen molar-refractivity contribution in [3.63, 3.8) is 0 Å². The molecule has 0 heterocycles. The summed E-state index contributed by atoms with van der Waals surface area (Å²) in [5.74, 6) is 0.412. The van der Waals surface area contributed by atoms with Crippen molar-refractivity contribution in [1.29, 1.82) is 0 Å². The highest BCUT2D eigenvalue weighted by molar-refractivity contribution is 5.98. The van der Waals surface area contributed by atoms with Crippen molar-refractivity contribution >= 4 is 11.7 Å². The van der Waals surface area contributed by atoms with E-state index in [2.05, 4.69) is 10.5 Å². The zero-order valence-electron chi connectivity index (χ0n) is 11.1. The molecule has 0 aliphatic heterocycles. The van der Waals surface area contributed by atoms with Gasteiger partial charge in [-0.2, -0.15) is 0 Å². The number of oxime groups is 1. The van der Waals surface area contributed by atoms with Gasteiger partial charge >= 0.3 is 0 Å². The number of carbonyl (C=O) groups is 1. The molecule has 0 aliphatic rings. The minimum Gasteiger partial charge on any atom is -0.497 e. The van der Waals surface area contributed by atoms with E-state index in [-0.39, 0.29) is 11.7 Å². The summed E-state index contributed by atoms with van der Waals surface area (Å²) in [7, 11) is 1.56. The number of methoxy groups -OCH3 is 1. The lowest BCUT2D eigenvalue weighted by Gasteiger charge is -2.16. The van der Waals surface area contributed by atoms with Crippen molar-refractivity contribution < 1.29 is 14.7 Å². The summed E-state index contributed by atoms with van der Waals surface area (Å²) >= 11 is 0. The van der Waals surface area contributed by atoms with Gasteiger partial charge in [0.05, 0.1) is 13.2 Å². The lowest BCUT2D eigenvalue weighted by Crippen LogP contribution is -2.44. The van der Waals surface area contributed by atoms with Gasteiger partial charge in [0.1, 0.15) is 5.75 Å². The highest BCUT2D eigenvalue weighted by Gasteiger charge is 2.17. The Hall–Kier alpha value is -2.24. The maximum Gasteiger partial charge on any atom is 0.251 e. The van der Waals surface area contributed by atoms with Crippen molar-refractivity contribution in [3.05, 3.63) is 29.8 Å². The Morgan fingerprint density at radius 2 is 2.11 bits per heavy atom. The Bertz CT molecular complexity index is 443. The molecular formula is C13H19N3O3. The van der Waals surface area contributed by atoms with E-state index < -0.39 is 6.04 Å². The molecule has 0 aromatic heterocycles. The first-order valence-corrected chi connectivity index (χ1v) is 6.04. The van der Waals surface area contributed by atoms with Gasteiger partial charge in [-0.1, -0.05) is 18.5 Å². The predicted octanol–water partition coefficient (Wildman–Crippen LogP) is 1.34. The average molecular weight is 265 g/mol. The number of rotatable bonds is 6. The normalized spacial score (nSPS) is 12.8. The second kappa shape index (κ2) is 7.25. The predicted molar refractivity (Wildman–Crippen MR) is 72.6 cm³/mol. The van der Waals surface area contributed by atoms with E-state index in [4.69, 9.17) is 15.7 Å². The van der Waals surface area contributed by atoms with Crippen LogP contribution in [0.3, 0.4) is 0 Å². The standard InChI is InChI=1S/C13H19N3O3/c1-3-4-11(12(14)16-18)15-13(17)9-5-7-10(19-2)8-6-9/h5-8,11,18H,3-4H2,1-2H3,(H2,14,16)(H,15,17). The van der Waals surface area contributed by atoms with Crippen LogP contribution < -0.4 is 15.8 Å². The molecule has 4 N–H and O–H groups in total. The van der Waals surface area contributed by atoms with Crippen LogP contribution >= 0.6 is 0 Å². The second-order valence-corrected chi connectivity index (χ2v) is 4.07. The minimum atomic E-state index is -0.468. The molecule has 6 nitrogen and oxygen atoms in total. The van der Waals surface area contributed by atoms with Crippen molar-refractivity contribution in [2.75, 3.05) is 7.11 Å². The van der Waals surface area contributed by atoms with Crippen LogP contribution in [-0.2, 0) is 0 Å². The maximum atomic E-state index is 12.0. The highest BCUT2D eigenvalue weighted by Crippen LogP contribution is 2.11. The number of amides is 1. The van der Waals surface area contributed by atoms with Gasteiger partial charge in [0.2, 0.25) is 0 Å². The van der Waals surface area contributed by atoms with Crippen LogP contribution in [0.25, 0.3) is 0 Å². The van der Waals surface area contributed by atoms with Gasteiger partial charge in [-0.15, -0.1) is 0 Å². The van der Waals surface area contributed by atoms with Crippen LogP contribution in [0.2, 0.25) is 0 Å². The van der Waals surface area contributed by atoms with Gasteiger partial charge in [-0.05, 0) is 30.7 Å². The first-order chi connectivity index (χ1) is 9.12. The third-order valence-electron chi connectivity index (χ3n) is 2.71. The van der Waals surface area contributed by atoms with E-state index in [1.807, 2.05) is 6.92 Å². The summed E-state index contributed by atoms with van der Waals surface area (Å²) in [6.07, 6.45) is 1.42. The zero-order chi connectivity index (χ0) is 14.3. The van der Waals surface area contributed by atoms with Crippen LogP contribution in [0, 0.1) is 0 Å². The third-order valence-corrected chi connectivity index (χ3v) is 2.71. The Morgan fingerprint density at radius 1 is 1.47 bits per heavy atom. The molecular weight excluding hydrogens is 246 g/mol. The molecule has 1 aromatic carbocycles. The van der Waals surface area contributed by atoms with Crippen molar-refractivity contribution in [1.82, 2.24) is 5.32 Å². The van der Waals surface area contributed by atoms with Crippen LogP contribution in [0.5, 0.6) is 5.75 Å². The lowest BCUT2D eigenvalue weighted by molar-refractivity contribution is 0.0945. The number of nitrogens with two attached hydrogens (primary N) is 1. The summed E-state index contributed by atoms with van der Waals surface area (Å²) in [4.78, 5) is 12.0. The number of amidine groups is 1. The summed E-state index contributed by atoms with van der Waals surface area (Å²) in [5, 5.41) is 14.3. The minimum absolute atomic E-state index is 0.00344. The van der Waals surface area contributed by atoms with E-state index in [1.165, 1.54) is 0 Å². The second-order valence-electron chi connectivity index (χ2n) is 4.07. The Morgan fingerprint density at radius 3 is 2.58 bits per heavy atom. The monoisotopic (exact) mass is 265 g/mol. The van der Waals surface area contributed by atoms with Crippen LogP contribution in [0.1, 0.15) is 30.1 Å². The number of nitrogens with one attached hydrogen (secondary N) is 1. The molecule has 0 bridgehead atoms. The molecule has 1 unspecified atom stereocenters. The largest absolute Gasteiger partial charge is 0.497 e. The fourth-order valence-corrected chi connectivity index (χ4v) is 1.64. The summed E-state index contributed by atoms with van der Waals surface area (Å²) in [5.41, 5.74) is 6.03. The summed E-state index contributed by atoms with van der Waals surface area (Å²) in [6, 6.07) is 6.25. The first-order valence-electron chi connectivity index (χ1n) is 6.04. The molecule has 0 aliphatic carbocycles. The molecule has 0 fully saturated rings. The molecule has 1 rings (SSSR count). The molecule has 0 radical (unpaired) electrons. The van der Waals surface area contributed by atoms with E-state index >= 15 is 0 Å². The molecule has 1 aromatic rings. The van der Waals surface area contributed by atoms with E-state index in [0.29, 0.717) is 17.7 Å². The molecule has 0 saturated heterocycles. The van der Waals surface area contributed by atoms with Crippen LogP contribution in [0.4, 0.5) is 0 Å². The molecule has 1 atom stereocenters. The van der Waals surface area contributed by atoms with Crippen molar-refractivity contribution in [2.45, 2.75) is 25.8 Å². The average Bonchev–Trinajstić information content (AvgIpc) is 2.46. The van der Waals surface area contributed by atoms with Gasteiger partial charge < -0.3 is 21.0 Å². The zero-order valence-corrected chi connectivity index (χ0v) is 11.1. The number of hydrogen-bond acceptors (Lipinski definition) is 4. The van der Waals surface area contributed by atoms with Gasteiger partial charge in [0.25, 0.3) is 5.91 Å². The number of carbonyl (C=O) groups excluding carboxylic acids is 1. The van der Waals surface area contributed by atoms with E-state index in [9.17, 15) is 4.79 Å². The molecule has 1 amide bonds. The van der Waals surface area contributed by atoms with E-state index in [1.54, 1.807) is 31.4 Å². The quantitative estimate of drug-likeness (QED) is 0.313. The maximum absolute atomic E-state index is 12.0. The van der Waals surface area contributed by atoms with Crippen LogP contribution in [-0.4, -0.2) is 30.1 Å². The SMILES string of the molecule is CCCC(NC(=O)c1ccc(OC)cc1)/C(N)=N/O. The topological polar surface area (TPSA) is 96.9 Å². The molecule has 19 heavy (non-hydrogen) atoms. The van der Waals surface area contributed by atoms with Crippen molar-refractivity contribution in [2.24, 2.45) is 10.9 Å². The van der Waals surface area contributed by atoms with Crippen LogP contribution in [0.15, 0.2) is 29.4 Å². The lowest BCUT2D eigenvalue weighted by atomic mass is 10.1. The Kier molecular flexibility index (Phi) is 5.66. The molecule has 0 spiro atoms. The summed E-state index contributed by atoms with van der Waals surface area (Å²) in [6.45, 7) is 1.96. The van der Waals surface area contributed by atoms with Gasteiger partial charge in [-0.25, -0.2) is 0 Å². The number of benzene rings is 1. The first kappa shape index (κ1) is 14.8. The summed E-state index contributed by atoms with van der Waals surface area (Å²) < 4.78 is 5.02. The molecule has 6 heteroatoms. The highest BCUT2D eigenvalue weighted by atomic mass is 16.5. The van der Waals surface area contributed by atoms with Gasteiger partial charge in [0, 0.05) is 5.56 Å². The fourth-order valence-electron chi connectivity index (χ4n) is 1.64. The Labute approximate surface area is 112 Å². The fraction of sp³-hybridized carbons (Fsp3) is 0.385. The smallest absolute Gasteiger partial charge is 0.251 e. The number of nitrogens with zero attached hydrogens (tertiary/aromatic N) is 1.